The van der Waals surface area contributed by atoms with Gasteiger partial charge in [0.05, 0.1) is 12.5 Å². The van der Waals surface area contributed by atoms with Gasteiger partial charge in [0.15, 0.2) is 0 Å². The zero-order valence-corrected chi connectivity index (χ0v) is 8.05. The van der Waals surface area contributed by atoms with Crippen LogP contribution in [0.15, 0.2) is 0 Å². The van der Waals surface area contributed by atoms with Crippen LogP contribution in [-0.2, 0) is 13.6 Å². The second-order valence-electron chi connectivity index (χ2n) is 2.15. The van der Waals surface area contributed by atoms with E-state index in [-0.39, 0.29) is 13.0 Å². The minimum Gasteiger partial charge on any atom is -0.198 e. The number of hydrogen-bond donors (Lipinski definition) is 0. The summed E-state index contributed by atoms with van der Waals surface area (Å²) in [5, 5.41) is 8.13. The quantitative estimate of drug-likeness (QED) is 0.456. The van der Waals surface area contributed by atoms with Gasteiger partial charge in [0.25, 0.3) is 0 Å². The van der Waals surface area contributed by atoms with Crippen molar-refractivity contribution < 1.29 is 13.6 Å². The van der Waals surface area contributed by atoms with E-state index in [2.05, 4.69) is 0 Å². The molecule has 0 aromatic rings. The largest absolute Gasteiger partial charge is 0.697 e. The molecule has 0 saturated carbocycles. The van der Waals surface area contributed by atoms with Gasteiger partial charge < -0.3 is 0 Å². The molecule has 0 rings (SSSR count). The Hall–Kier alpha value is -0.490. The highest BCUT2D eigenvalue weighted by Crippen LogP contribution is 2.23. The molecule has 1 atom stereocenters. The second kappa shape index (κ2) is 8.61. The van der Waals surface area contributed by atoms with Gasteiger partial charge in [-0.1, -0.05) is 13.3 Å². The molecule has 0 heterocycles. The molecule has 0 radical (unpaired) electrons. The molecule has 68 valence electrons. The summed E-state index contributed by atoms with van der Waals surface area (Å²) >= 11 is 0. The molecule has 0 aliphatic heterocycles. The maximum absolute atomic E-state index is 10.8. The first-order valence-electron chi connectivity index (χ1n) is 3.91. The van der Waals surface area contributed by atoms with E-state index in [1.807, 2.05) is 13.0 Å². The van der Waals surface area contributed by atoms with Crippen LogP contribution in [0, 0.1) is 11.3 Å². The van der Waals surface area contributed by atoms with Crippen molar-refractivity contribution >= 4 is 8.25 Å². The van der Waals surface area contributed by atoms with Crippen molar-refractivity contribution in [1.82, 2.24) is 0 Å². The first kappa shape index (κ1) is 11.5. The van der Waals surface area contributed by atoms with Crippen LogP contribution in [0.5, 0.6) is 0 Å². The number of hydrogen-bond acceptors (Lipinski definition) is 4. The Bertz CT molecular complexity index is 167. The molecule has 0 aliphatic carbocycles. The van der Waals surface area contributed by atoms with Gasteiger partial charge in [0.2, 0.25) is 0 Å². The lowest BCUT2D eigenvalue weighted by Gasteiger charge is -1.87. The van der Waals surface area contributed by atoms with Gasteiger partial charge in [0.1, 0.15) is 13.2 Å². The van der Waals surface area contributed by atoms with E-state index < -0.39 is 8.25 Å². The maximum atomic E-state index is 10.8. The highest BCUT2D eigenvalue weighted by molar-refractivity contribution is 7.33. The van der Waals surface area contributed by atoms with Gasteiger partial charge in [0, 0.05) is 4.57 Å². The third-order valence-corrected chi connectivity index (χ3v) is 1.89. The Labute approximate surface area is 73.4 Å². The predicted octanol–water partition coefficient (Wildman–Crippen LogP) is 2.39. The minimum atomic E-state index is -2.00. The number of nitriles is 1. The third-order valence-electron chi connectivity index (χ3n) is 1.11. The molecular weight excluding hydrogens is 177 g/mol. The zero-order chi connectivity index (χ0) is 9.23. The van der Waals surface area contributed by atoms with Crippen LogP contribution >= 0.6 is 8.25 Å². The summed E-state index contributed by atoms with van der Waals surface area (Å²) in [6.07, 6.45) is 2.13. The first-order valence-corrected chi connectivity index (χ1v) is 5.00. The number of nitrogens with zero attached hydrogens (tertiary/aromatic N) is 1. The van der Waals surface area contributed by atoms with Crippen molar-refractivity contribution in [1.29, 1.82) is 5.26 Å². The summed E-state index contributed by atoms with van der Waals surface area (Å²) in [5.41, 5.74) is 0. The third kappa shape index (κ3) is 7.62. The van der Waals surface area contributed by atoms with Crippen molar-refractivity contribution in [3.05, 3.63) is 0 Å². The molecule has 0 aromatic carbocycles. The van der Waals surface area contributed by atoms with E-state index in [1.165, 1.54) is 0 Å². The minimum absolute atomic E-state index is 0.178. The highest BCUT2D eigenvalue weighted by atomic mass is 31.1. The van der Waals surface area contributed by atoms with Crippen molar-refractivity contribution in [2.45, 2.75) is 26.2 Å². The smallest absolute Gasteiger partial charge is 0.198 e. The molecule has 4 nitrogen and oxygen atoms in total. The standard InChI is InChI=1S/C7H13NO3P/c1-2-3-6-10-12(9)11-7-4-5-8/h2-4,6-7H2,1H3/q+1. The summed E-state index contributed by atoms with van der Waals surface area (Å²) in [4.78, 5) is 0. The van der Waals surface area contributed by atoms with Crippen molar-refractivity contribution in [2.24, 2.45) is 0 Å². The van der Waals surface area contributed by atoms with Crippen molar-refractivity contribution in [3.8, 4) is 6.07 Å². The number of rotatable bonds is 7. The number of unbranched alkanes of at least 4 members (excludes halogenated alkanes) is 1. The molecule has 12 heavy (non-hydrogen) atoms. The fourth-order valence-corrected chi connectivity index (χ4v) is 1.08. The Kier molecular flexibility index (Phi) is 8.25. The normalized spacial score (nSPS) is 10.8. The van der Waals surface area contributed by atoms with E-state index >= 15 is 0 Å². The molecular formula is C7H13NO3P+. The van der Waals surface area contributed by atoms with Crippen LogP contribution in [0.4, 0.5) is 0 Å². The molecule has 0 bridgehead atoms. The van der Waals surface area contributed by atoms with E-state index in [0.29, 0.717) is 6.61 Å². The van der Waals surface area contributed by atoms with Crippen LogP contribution in [0.2, 0.25) is 0 Å². The summed E-state index contributed by atoms with van der Waals surface area (Å²) < 4.78 is 20.3. The Balaban J connectivity index is 3.17. The van der Waals surface area contributed by atoms with Crippen LogP contribution in [0.3, 0.4) is 0 Å². The van der Waals surface area contributed by atoms with Gasteiger partial charge in [-0.05, 0) is 6.42 Å². The topological polar surface area (TPSA) is 59.3 Å². The van der Waals surface area contributed by atoms with E-state index in [0.717, 1.165) is 12.8 Å². The van der Waals surface area contributed by atoms with Crippen molar-refractivity contribution in [3.63, 3.8) is 0 Å². The predicted molar refractivity (Wildman–Crippen MR) is 44.6 cm³/mol. The van der Waals surface area contributed by atoms with Crippen LogP contribution < -0.4 is 0 Å². The molecule has 0 aliphatic rings. The molecule has 0 fully saturated rings. The first-order chi connectivity index (χ1) is 5.81. The van der Waals surface area contributed by atoms with E-state index in [9.17, 15) is 4.57 Å². The van der Waals surface area contributed by atoms with Gasteiger partial charge in [-0.15, -0.1) is 9.05 Å². The highest BCUT2D eigenvalue weighted by Gasteiger charge is 2.18. The summed E-state index contributed by atoms with van der Waals surface area (Å²) in [6, 6.07) is 1.88. The van der Waals surface area contributed by atoms with Crippen LogP contribution in [0.1, 0.15) is 26.2 Å². The van der Waals surface area contributed by atoms with E-state index in [1.54, 1.807) is 0 Å². The lowest BCUT2D eigenvalue weighted by molar-refractivity contribution is 0.226. The lowest BCUT2D eigenvalue weighted by atomic mass is 10.4. The summed E-state index contributed by atoms with van der Waals surface area (Å²) in [7, 11) is -2.00. The van der Waals surface area contributed by atoms with Gasteiger partial charge >= 0.3 is 8.25 Å². The van der Waals surface area contributed by atoms with Crippen LogP contribution in [-0.4, -0.2) is 13.2 Å². The van der Waals surface area contributed by atoms with Gasteiger partial charge in [-0.2, -0.15) is 5.26 Å². The fourth-order valence-electron chi connectivity index (χ4n) is 0.487. The average molecular weight is 190 g/mol. The van der Waals surface area contributed by atoms with Crippen LogP contribution in [0.25, 0.3) is 0 Å². The van der Waals surface area contributed by atoms with Gasteiger partial charge in [-0.3, -0.25) is 0 Å². The Morgan fingerprint density at radius 1 is 1.42 bits per heavy atom. The molecule has 0 saturated heterocycles. The monoisotopic (exact) mass is 190 g/mol. The van der Waals surface area contributed by atoms with E-state index in [4.69, 9.17) is 14.3 Å². The molecule has 5 heteroatoms. The summed E-state index contributed by atoms with van der Waals surface area (Å²) in [6.45, 7) is 2.66. The molecule has 0 amide bonds. The second-order valence-corrected chi connectivity index (χ2v) is 3.12. The lowest BCUT2D eigenvalue weighted by Crippen LogP contribution is -1.89. The fraction of sp³-hybridized carbons (Fsp3) is 0.857. The molecule has 1 unspecified atom stereocenters. The Morgan fingerprint density at radius 2 is 2.08 bits per heavy atom. The summed E-state index contributed by atoms with van der Waals surface area (Å²) in [5.74, 6) is 0. The molecule has 0 N–H and O–H groups in total. The molecule has 0 aromatic heterocycles. The Morgan fingerprint density at radius 3 is 2.67 bits per heavy atom. The zero-order valence-electron chi connectivity index (χ0n) is 7.15. The van der Waals surface area contributed by atoms with Crippen molar-refractivity contribution in [2.75, 3.05) is 13.2 Å². The maximum Gasteiger partial charge on any atom is 0.697 e. The molecule has 0 spiro atoms. The SMILES string of the molecule is CCCCO[P+](=O)OCCC#N. The van der Waals surface area contributed by atoms with Gasteiger partial charge in [-0.25, -0.2) is 0 Å². The average Bonchev–Trinajstić information content (AvgIpc) is 2.06.